The molecule has 1 aliphatic heterocycles. The summed E-state index contributed by atoms with van der Waals surface area (Å²) in [6.07, 6.45) is 3.58. The summed E-state index contributed by atoms with van der Waals surface area (Å²) in [6.45, 7) is 1.49. The Labute approximate surface area is 123 Å². The fraction of sp³-hybridized carbons (Fsp3) is 0.545. The maximum Gasteiger partial charge on any atom is 0.140 e. The van der Waals surface area contributed by atoms with Gasteiger partial charge in [0, 0.05) is 29.8 Å². The van der Waals surface area contributed by atoms with Crippen LogP contribution >= 0.6 is 43.5 Å². The SMILES string of the molecule is ClCC1(Nc2ncc(Br)cc2Br)CCOCC1. The minimum absolute atomic E-state index is 0.108. The molecular formula is C11H13Br2ClN2O. The van der Waals surface area contributed by atoms with Crippen molar-refractivity contribution in [2.24, 2.45) is 0 Å². The summed E-state index contributed by atoms with van der Waals surface area (Å²) in [5.74, 6) is 1.39. The molecule has 0 atom stereocenters. The van der Waals surface area contributed by atoms with E-state index >= 15 is 0 Å². The molecule has 0 bridgehead atoms. The average Bonchev–Trinajstić information content (AvgIpc) is 2.34. The second-order valence-corrected chi connectivity index (χ2v) is 6.17. The van der Waals surface area contributed by atoms with Gasteiger partial charge in [0.2, 0.25) is 0 Å². The van der Waals surface area contributed by atoms with Gasteiger partial charge in [0.05, 0.1) is 10.0 Å². The van der Waals surface area contributed by atoms with E-state index in [9.17, 15) is 0 Å². The number of anilines is 1. The molecule has 1 aromatic rings. The van der Waals surface area contributed by atoms with Crippen LogP contribution in [-0.2, 0) is 4.74 Å². The van der Waals surface area contributed by atoms with Gasteiger partial charge in [-0.05, 0) is 50.8 Å². The van der Waals surface area contributed by atoms with E-state index in [0.717, 1.165) is 40.8 Å². The van der Waals surface area contributed by atoms with Crippen molar-refractivity contribution >= 4 is 49.3 Å². The maximum absolute atomic E-state index is 6.10. The smallest absolute Gasteiger partial charge is 0.140 e. The summed E-state index contributed by atoms with van der Waals surface area (Å²) in [6, 6.07) is 1.97. The Morgan fingerprint density at radius 3 is 2.71 bits per heavy atom. The van der Waals surface area contributed by atoms with Crippen LogP contribution in [0.1, 0.15) is 12.8 Å². The molecule has 0 aliphatic carbocycles. The number of pyridine rings is 1. The van der Waals surface area contributed by atoms with Gasteiger partial charge in [0.15, 0.2) is 0 Å². The highest BCUT2D eigenvalue weighted by Crippen LogP contribution is 2.31. The molecule has 1 aromatic heterocycles. The van der Waals surface area contributed by atoms with Crippen molar-refractivity contribution in [3.63, 3.8) is 0 Å². The van der Waals surface area contributed by atoms with Crippen LogP contribution in [0.4, 0.5) is 5.82 Å². The molecular weight excluding hydrogens is 371 g/mol. The third-order valence-corrected chi connectivity index (χ3v) is 4.45. The molecule has 1 N–H and O–H groups in total. The zero-order valence-electron chi connectivity index (χ0n) is 9.18. The lowest BCUT2D eigenvalue weighted by Crippen LogP contribution is -2.45. The minimum Gasteiger partial charge on any atom is -0.381 e. The summed E-state index contributed by atoms with van der Waals surface area (Å²) in [7, 11) is 0. The molecule has 0 saturated carbocycles. The summed E-state index contributed by atoms with van der Waals surface area (Å²) in [5.41, 5.74) is -0.108. The highest BCUT2D eigenvalue weighted by atomic mass is 79.9. The molecule has 0 spiro atoms. The Hall–Kier alpha value is 0.160. The van der Waals surface area contributed by atoms with Crippen molar-refractivity contribution in [3.05, 3.63) is 21.2 Å². The van der Waals surface area contributed by atoms with Gasteiger partial charge < -0.3 is 10.1 Å². The van der Waals surface area contributed by atoms with Gasteiger partial charge in [-0.1, -0.05) is 0 Å². The van der Waals surface area contributed by atoms with Crippen LogP contribution in [0.15, 0.2) is 21.2 Å². The molecule has 6 heteroatoms. The number of nitrogens with zero attached hydrogens (tertiary/aromatic N) is 1. The van der Waals surface area contributed by atoms with Gasteiger partial charge in [-0.3, -0.25) is 0 Å². The van der Waals surface area contributed by atoms with Crippen LogP contribution in [0.5, 0.6) is 0 Å². The Morgan fingerprint density at radius 2 is 2.12 bits per heavy atom. The highest BCUT2D eigenvalue weighted by Gasteiger charge is 2.32. The number of halogens is 3. The molecule has 0 amide bonds. The van der Waals surface area contributed by atoms with Crippen molar-refractivity contribution in [1.29, 1.82) is 0 Å². The van der Waals surface area contributed by atoms with Gasteiger partial charge in [0.25, 0.3) is 0 Å². The van der Waals surface area contributed by atoms with Crippen LogP contribution in [-0.4, -0.2) is 29.6 Å². The fourth-order valence-electron chi connectivity index (χ4n) is 1.81. The number of aromatic nitrogens is 1. The minimum atomic E-state index is -0.108. The molecule has 2 rings (SSSR count). The third-order valence-electron chi connectivity index (χ3n) is 2.90. The number of ether oxygens (including phenoxy) is 1. The Balaban J connectivity index is 2.17. The zero-order valence-corrected chi connectivity index (χ0v) is 13.1. The summed E-state index contributed by atoms with van der Waals surface area (Å²) >= 11 is 13.0. The normalized spacial score (nSPS) is 19.0. The first-order valence-electron chi connectivity index (χ1n) is 5.38. The van der Waals surface area contributed by atoms with E-state index in [1.165, 1.54) is 0 Å². The lowest BCUT2D eigenvalue weighted by Gasteiger charge is -2.37. The molecule has 1 fully saturated rings. The van der Waals surface area contributed by atoms with E-state index in [-0.39, 0.29) is 5.54 Å². The topological polar surface area (TPSA) is 34.2 Å². The monoisotopic (exact) mass is 382 g/mol. The average molecular weight is 384 g/mol. The van der Waals surface area contributed by atoms with Crippen LogP contribution in [0, 0.1) is 0 Å². The maximum atomic E-state index is 6.10. The number of alkyl halides is 1. The molecule has 0 unspecified atom stereocenters. The largest absolute Gasteiger partial charge is 0.381 e. The van der Waals surface area contributed by atoms with Crippen molar-refractivity contribution in [2.45, 2.75) is 18.4 Å². The van der Waals surface area contributed by atoms with Crippen LogP contribution < -0.4 is 5.32 Å². The Bertz CT molecular complexity index is 397. The second-order valence-electron chi connectivity index (χ2n) is 4.14. The first kappa shape index (κ1) is 13.6. The lowest BCUT2D eigenvalue weighted by molar-refractivity contribution is 0.0666. The number of nitrogens with one attached hydrogen (secondary N) is 1. The number of hydrogen-bond acceptors (Lipinski definition) is 3. The first-order valence-corrected chi connectivity index (χ1v) is 7.50. The van der Waals surface area contributed by atoms with Crippen LogP contribution in [0.2, 0.25) is 0 Å². The Morgan fingerprint density at radius 1 is 1.41 bits per heavy atom. The summed E-state index contributed by atoms with van der Waals surface area (Å²) in [4.78, 5) is 4.36. The lowest BCUT2D eigenvalue weighted by atomic mass is 9.92. The molecule has 3 nitrogen and oxygen atoms in total. The van der Waals surface area contributed by atoms with Gasteiger partial charge in [-0.25, -0.2) is 4.98 Å². The van der Waals surface area contributed by atoms with E-state index in [2.05, 4.69) is 42.2 Å². The first-order chi connectivity index (χ1) is 8.15. The molecule has 2 heterocycles. The zero-order chi connectivity index (χ0) is 12.3. The van der Waals surface area contributed by atoms with Crippen molar-refractivity contribution in [3.8, 4) is 0 Å². The Kier molecular flexibility index (Phi) is 4.69. The third kappa shape index (κ3) is 3.34. The van der Waals surface area contributed by atoms with Gasteiger partial charge >= 0.3 is 0 Å². The van der Waals surface area contributed by atoms with E-state index in [0.29, 0.717) is 5.88 Å². The van der Waals surface area contributed by atoms with Crippen molar-refractivity contribution in [1.82, 2.24) is 4.98 Å². The molecule has 0 aromatic carbocycles. The second kappa shape index (κ2) is 5.87. The molecule has 1 aliphatic rings. The number of hydrogen-bond donors (Lipinski definition) is 1. The predicted octanol–water partition coefficient (Wildman–Crippen LogP) is 3.81. The molecule has 0 radical (unpaired) electrons. The van der Waals surface area contributed by atoms with Crippen LogP contribution in [0.25, 0.3) is 0 Å². The van der Waals surface area contributed by atoms with Crippen molar-refractivity contribution < 1.29 is 4.74 Å². The summed E-state index contributed by atoms with van der Waals surface area (Å²) < 4.78 is 7.25. The standard InChI is InChI=1S/C11H13Br2ClN2O/c12-8-5-9(13)10(15-6-8)16-11(7-14)1-3-17-4-2-11/h5-6H,1-4,7H2,(H,15,16). The highest BCUT2D eigenvalue weighted by molar-refractivity contribution is 9.11. The molecule has 94 valence electrons. The van der Waals surface area contributed by atoms with Gasteiger partial charge in [-0.15, -0.1) is 11.6 Å². The quantitative estimate of drug-likeness (QED) is 0.805. The van der Waals surface area contributed by atoms with E-state index in [1.807, 2.05) is 6.07 Å². The predicted molar refractivity (Wildman–Crippen MR) is 76.8 cm³/mol. The molecule has 1 saturated heterocycles. The van der Waals surface area contributed by atoms with E-state index < -0.39 is 0 Å². The summed E-state index contributed by atoms with van der Waals surface area (Å²) in [5, 5.41) is 3.45. The van der Waals surface area contributed by atoms with E-state index in [1.54, 1.807) is 6.20 Å². The van der Waals surface area contributed by atoms with Gasteiger partial charge in [0.1, 0.15) is 5.82 Å². The van der Waals surface area contributed by atoms with Gasteiger partial charge in [-0.2, -0.15) is 0 Å². The molecule has 17 heavy (non-hydrogen) atoms. The fourth-order valence-corrected chi connectivity index (χ4v) is 3.23. The van der Waals surface area contributed by atoms with E-state index in [4.69, 9.17) is 16.3 Å². The van der Waals surface area contributed by atoms with Crippen molar-refractivity contribution in [2.75, 3.05) is 24.4 Å². The number of rotatable bonds is 3. The van der Waals surface area contributed by atoms with Crippen LogP contribution in [0.3, 0.4) is 0 Å².